The Hall–Kier alpha value is -2.60. The van der Waals surface area contributed by atoms with Crippen molar-refractivity contribution in [3.05, 3.63) is 71.4 Å². The van der Waals surface area contributed by atoms with Gasteiger partial charge in [0.15, 0.2) is 0 Å². The molecular formula is C16H13F2N3O. The van der Waals surface area contributed by atoms with Gasteiger partial charge in [-0.05, 0) is 29.8 Å². The summed E-state index contributed by atoms with van der Waals surface area (Å²) in [7, 11) is 0. The lowest BCUT2D eigenvalue weighted by molar-refractivity contribution is 0.277. The molecule has 0 fully saturated rings. The SMILES string of the molecule is OCc1nnn(Cc2cccc(F)c2)c1-c1ccccc1F. The monoisotopic (exact) mass is 301 g/mol. The van der Waals surface area contributed by atoms with Gasteiger partial charge < -0.3 is 5.11 Å². The van der Waals surface area contributed by atoms with Crippen molar-refractivity contribution in [2.24, 2.45) is 0 Å². The van der Waals surface area contributed by atoms with Crippen LogP contribution in [0.5, 0.6) is 0 Å². The lowest BCUT2D eigenvalue weighted by Crippen LogP contribution is -2.05. The lowest BCUT2D eigenvalue weighted by atomic mass is 10.1. The van der Waals surface area contributed by atoms with Crippen molar-refractivity contribution in [1.29, 1.82) is 0 Å². The molecule has 0 aliphatic carbocycles. The lowest BCUT2D eigenvalue weighted by Gasteiger charge is -2.09. The smallest absolute Gasteiger partial charge is 0.132 e. The van der Waals surface area contributed by atoms with E-state index in [1.165, 1.54) is 22.9 Å². The summed E-state index contributed by atoms with van der Waals surface area (Å²) in [4.78, 5) is 0. The van der Waals surface area contributed by atoms with E-state index in [-0.39, 0.29) is 24.7 Å². The molecule has 1 heterocycles. The molecule has 6 heteroatoms. The van der Waals surface area contributed by atoms with Crippen molar-refractivity contribution >= 4 is 0 Å². The number of aliphatic hydroxyl groups is 1. The number of rotatable bonds is 4. The van der Waals surface area contributed by atoms with Crippen LogP contribution in [0.1, 0.15) is 11.3 Å². The van der Waals surface area contributed by atoms with Crippen LogP contribution in [0.15, 0.2) is 48.5 Å². The Balaban J connectivity index is 2.06. The minimum atomic E-state index is -0.431. The van der Waals surface area contributed by atoms with E-state index >= 15 is 0 Å². The fourth-order valence-electron chi connectivity index (χ4n) is 2.32. The van der Waals surface area contributed by atoms with E-state index in [1.807, 2.05) is 0 Å². The molecule has 22 heavy (non-hydrogen) atoms. The molecule has 0 amide bonds. The van der Waals surface area contributed by atoms with Crippen molar-refractivity contribution in [3.63, 3.8) is 0 Å². The van der Waals surface area contributed by atoms with Gasteiger partial charge in [0, 0.05) is 5.56 Å². The molecule has 0 atom stereocenters. The molecule has 3 rings (SSSR count). The van der Waals surface area contributed by atoms with Crippen LogP contribution in [0.4, 0.5) is 8.78 Å². The highest BCUT2D eigenvalue weighted by Gasteiger charge is 2.17. The minimum Gasteiger partial charge on any atom is -0.390 e. The third kappa shape index (κ3) is 2.73. The normalized spacial score (nSPS) is 10.9. The molecular weight excluding hydrogens is 288 g/mol. The third-order valence-corrected chi connectivity index (χ3v) is 3.30. The minimum absolute atomic E-state index is 0.231. The first kappa shape index (κ1) is 14.3. The van der Waals surface area contributed by atoms with Gasteiger partial charge in [0.25, 0.3) is 0 Å². The van der Waals surface area contributed by atoms with Crippen LogP contribution in [0.2, 0.25) is 0 Å². The van der Waals surface area contributed by atoms with E-state index < -0.39 is 5.82 Å². The molecule has 1 N–H and O–H groups in total. The van der Waals surface area contributed by atoms with Crippen LogP contribution in [-0.4, -0.2) is 20.1 Å². The standard InChI is InChI=1S/C16H13F2N3O/c17-12-5-3-4-11(8-12)9-21-16(15(10-22)19-20-21)13-6-1-2-7-14(13)18/h1-8,22H,9-10H2. The second-order valence-corrected chi connectivity index (χ2v) is 4.81. The molecule has 0 saturated carbocycles. The predicted octanol–water partition coefficient (Wildman–Crippen LogP) is 2.76. The van der Waals surface area contributed by atoms with E-state index in [0.717, 1.165) is 0 Å². The average Bonchev–Trinajstić information content (AvgIpc) is 2.90. The summed E-state index contributed by atoms with van der Waals surface area (Å²) in [5.41, 5.74) is 1.64. The number of aromatic nitrogens is 3. The zero-order chi connectivity index (χ0) is 15.5. The number of hydrogen-bond donors (Lipinski definition) is 1. The summed E-state index contributed by atoms with van der Waals surface area (Å²) in [6.07, 6.45) is 0. The molecule has 0 unspecified atom stereocenters. The molecule has 0 bridgehead atoms. The first-order valence-electron chi connectivity index (χ1n) is 6.71. The topological polar surface area (TPSA) is 50.9 Å². The third-order valence-electron chi connectivity index (χ3n) is 3.30. The zero-order valence-electron chi connectivity index (χ0n) is 11.6. The Morgan fingerprint density at radius 3 is 2.59 bits per heavy atom. The summed E-state index contributed by atoms with van der Waals surface area (Å²) in [6.45, 7) is -0.124. The van der Waals surface area contributed by atoms with E-state index in [2.05, 4.69) is 10.3 Å². The highest BCUT2D eigenvalue weighted by Crippen LogP contribution is 2.25. The van der Waals surface area contributed by atoms with E-state index in [9.17, 15) is 13.9 Å². The van der Waals surface area contributed by atoms with Crippen molar-refractivity contribution in [3.8, 4) is 11.3 Å². The number of aliphatic hydroxyl groups excluding tert-OH is 1. The summed E-state index contributed by atoms with van der Waals surface area (Å²) >= 11 is 0. The Morgan fingerprint density at radius 1 is 1.05 bits per heavy atom. The van der Waals surface area contributed by atoms with Crippen LogP contribution >= 0.6 is 0 Å². The second-order valence-electron chi connectivity index (χ2n) is 4.81. The van der Waals surface area contributed by atoms with Crippen molar-refractivity contribution < 1.29 is 13.9 Å². The van der Waals surface area contributed by atoms with Gasteiger partial charge in [-0.15, -0.1) is 5.10 Å². The van der Waals surface area contributed by atoms with E-state index in [4.69, 9.17) is 0 Å². The van der Waals surface area contributed by atoms with Gasteiger partial charge in [-0.2, -0.15) is 0 Å². The van der Waals surface area contributed by atoms with E-state index in [0.29, 0.717) is 16.8 Å². The molecule has 112 valence electrons. The highest BCUT2D eigenvalue weighted by molar-refractivity contribution is 5.62. The number of hydrogen-bond acceptors (Lipinski definition) is 3. The fraction of sp³-hybridized carbons (Fsp3) is 0.125. The maximum atomic E-state index is 14.0. The molecule has 0 saturated heterocycles. The van der Waals surface area contributed by atoms with Crippen LogP contribution < -0.4 is 0 Å². The molecule has 3 aromatic rings. The number of halogens is 2. The Morgan fingerprint density at radius 2 is 1.86 bits per heavy atom. The van der Waals surface area contributed by atoms with Gasteiger partial charge in [0.05, 0.1) is 18.8 Å². The van der Waals surface area contributed by atoms with Gasteiger partial charge in [0.2, 0.25) is 0 Å². The largest absolute Gasteiger partial charge is 0.390 e. The molecule has 2 aromatic carbocycles. The van der Waals surface area contributed by atoms with Gasteiger partial charge in [-0.1, -0.05) is 29.5 Å². The quantitative estimate of drug-likeness (QED) is 0.806. The van der Waals surface area contributed by atoms with Gasteiger partial charge >= 0.3 is 0 Å². The fourth-order valence-corrected chi connectivity index (χ4v) is 2.32. The summed E-state index contributed by atoms with van der Waals surface area (Å²) in [5.74, 6) is -0.785. The molecule has 0 radical (unpaired) electrons. The number of benzene rings is 2. The van der Waals surface area contributed by atoms with Gasteiger partial charge in [-0.3, -0.25) is 0 Å². The molecule has 1 aromatic heterocycles. The van der Waals surface area contributed by atoms with E-state index in [1.54, 1.807) is 30.3 Å². The first-order chi connectivity index (χ1) is 10.7. The maximum absolute atomic E-state index is 14.0. The highest BCUT2D eigenvalue weighted by atomic mass is 19.1. The molecule has 0 spiro atoms. The summed E-state index contributed by atoms with van der Waals surface area (Å²) in [6, 6.07) is 12.3. The van der Waals surface area contributed by atoms with Gasteiger partial charge in [-0.25, -0.2) is 13.5 Å². The van der Waals surface area contributed by atoms with Crippen molar-refractivity contribution in [2.75, 3.05) is 0 Å². The Labute approximate surface area is 125 Å². The van der Waals surface area contributed by atoms with Crippen molar-refractivity contribution in [2.45, 2.75) is 13.2 Å². The molecule has 4 nitrogen and oxygen atoms in total. The van der Waals surface area contributed by atoms with Crippen LogP contribution in [0.25, 0.3) is 11.3 Å². The van der Waals surface area contributed by atoms with Gasteiger partial charge in [0.1, 0.15) is 17.3 Å². The number of nitrogens with zero attached hydrogens (tertiary/aromatic N) is 3. The summed E-state index contributed by atoms with van der Waals surface area (Å²) in [5, 5.41) is 17.2. The van der Waals surface area contributed by atoms with Crippen molar-refractivity contribution in [1.82, 2.24) is 15.0 Å². The predicted molar refractivity (Wildman–Crippen MR) is 76.8 cm³/mol. The maximum Gasteiger partial charge on any atom is 0.132 e. The Kier molecular flexibility index (Phi) is 3.93. The molecule has 0 aliphatic rings. The zero-order valence-corrected chi connectivity index (χ0v) is 11.6. The average molecular weight is 301 g/mol. The van der Waals surface area contributed by atoms with Crippen LogP contribution in [-0.2, 0) is 13.2 Å². The second kappa shape index (κ2) is 6.03. The Bertz CT molecular complexity index is 802. The first-order valence-corrected chi connectivity index (χ1v) is 6.71. The molecule has 0 aliphatic heterocycles. The van der Waals surface area contributed by atoms with Crippen LogP contribution in [0.3, 0.4) is 0 Å². The summed E-state index contributed by atoms with van der Waals surface area (Å²) < 4.78 is 28.8. The van der Waals surface area contributed by atoms with Crippen LogP contribution in [0, 0.1) is 11.6 Å².